The predicted octanol–water partition coefficient (Wildman–Crippen LogP) is 5.82. The van der Waals surface area contributed by atoms with Gasteiger partial charge in [-0.1, -0.05) is 41.5 Å². The molecule has 1 saturated heterocycles. The monoisotopic (exact) mass is 648 g/mol. The fourth-order valence-electron chi connectivity index (χ4n) is 10.2. The summed E-state index contributed by atoms with van der Waals surface area (Å²) in [4.78, 5) is 62.2. The minimum absolute atomic E-state index is 0.0303. The van der Waals surface area contributed by atoms with Crippen molar-refractivity contribution in [2.24, 2.45) is 52.3 Å². The smallest absolute Gasteiger partial charge is 0.306 e. The van der Waals surface area contributed by atoms with Crippen LogP contribution in [0.4, 0.5) is 0 Å². The zero-order chi connectivity index (χ0) is 34.3. The quantitative estimate of drug-likeness (QED) is 0.223. The third-order valence-electron chi connectivity index (χ3n) is 12.6. The number of ether oxygens (including phenoxy) is 5. The zero-order valence-corrected chi connectivity index (χ0v) is 29.5. The standard InChI is InChI=1S/C36H56O10/c1-18(2)19(3)33(44-23(7)39)34(45-24(8)40)20(4)26-11-12-27-25-15-32(41)46-31-16-29(42-21(5)37)30(43-22(6)38)17-36(31,10)28(25)13-14-35(26,27)9/h18-20,25-31,33-34H,11-17H2,1-10H3/t19-,20+,25-,26+,27+,28-,29+,30-,31+,33-,34-,35-,36-/m1/s1. The maximum atomic E-state index is 13.5. The minimum atomic E-state index is -0.675. The van der Waals surface area contributed by atoms with Crippen molar-refractivity contribution in [1.29, 1.82) is 0 Å². The van der Waals surface area contributed by atoms with Crippen molar-refractivity contribution in [3.63, 3.8) is 0 Å². The van der Waals surface area contributed by atoms with Crippen molar-refractivity contribution in [2.75, 3.05) is 0 Å². The first-order valence-corrected chi connectivity index (χ1v) is 17.3. The molecule has 260 valence electrons. The summed E-state index contributed by atoms with van der Waals surface area (Å²) in [6.07, 6.45) is 1.74. The Balaban J connectivity index is 1.66. The van der Waals surface area contributed by atoms with E-state index in [9.17, 15) is 24.0 Å². The van der Waals surface area contributed by atoms with Crippen molar-refractivity contribution < 1.29 is 47.7 Å². The van der Waals surface area contributed by atoms with Crippen LogP contribution in [0.2, 0.25) is 0 Å². The number of fused-ring (bicyclic) bond motifs is 5. The van der Waals surface area contributed by atoms with E-state index in [1.165, 1.54) is 27.7 Å². The van der Waals surface area contributed by atoms with E-state index in [-0.39, 0.29) is 52.8 Å². The molecule has 13 atom stereocenters. The highest BCUT2D eigenvalue weighted by molar-refractivity contribution is 5.71. The van der Waals surface area contributed by atoms with Gasteiger partial charge >= 0.3 is 29.8 Å². The first-order valence-electron chi connectivity index (χ1n) is 17.3. The molecular weight excluding hydrogens is 592 g/mol. The Morgan fingerprint density at radius 3 is 1.89 bits per heavy atom. The van der Waals surface area contributed by atoms with Crippen LogP contribution in [0, 0.1) is 52.3 Å². The first-order chi connectivity index (χ1) is 21.4. The van der Waals surface area contributed by atoms with Crippen molar-refractivity contribution in [1.82, 2.24) is 0 Å². The van der Waals surface area contributed by atoms with E-state index in [0.29, 0.717) is 19.3 Å². The van der Waals surface area contributed by atoms with Crippen molar-refractivity contribution in [3.05, 3.63) is 0 Å². The summed E-state index contributed by atoms with van der Waals surface area (Å²) in [6.45, 7) is 18.3. The molecule has 0 aromatic rings. The van der Waals surface area contributed by atoms with Gasteiger partial charge in [0.2, 0.25) is 0 Å². The van der Waals surface area contributed by atoms with Gasteiger partial charge in [-0.05, 0) is 73.0 Å². The molecule has 1 aliphatic heterocycles. The number of rotatable bonds is 9. The van der Waals surface area contributed by atoms with Gasteiger partial charge in [0, 0.05) is 51.9 Å². The second kappa shape index (κ2) is 13.8. The second-order valence-electron chi connectivity index (χ2n) is 15.6. The highest BCUT2D eigenvalue weighted by Crippen LogP contribution is 2.66. The maximum Gasteiger partial charge on any atom is 0.306 e. The molecule has 3 aliphatic carbocycles. The lowest BCUT2D eigenvalue weighted by atomic mass is 9.49. The third-order valence-corrected chi connectivity index (χ3v) is 12.6. The number of hydrogen-bond acceptors (Lipinski definition) is 10. The molecule has 0 bridgehead atoms. The van der Waals surface area contributed by atoms with Crippen LogP contribution in [0.3, 0.4) is 0 Å². The van der Waals surface area contributed by atoms with E-state index >= 15 is 0 Å². The fourth-order valence-corrected chi connectivity index (χ4v) is 10.2. The highest BCUT2D eigenvalue weighted by atomic mass is 16.6. The SMILES string of the molecule is CC(=O)O[C@H]([C@@H](C)[C@@H]1CC[C@H]2[C@H]3CC(=O)O[C@H]4C[C@H](OC(C)=O)[C@H](OC(C)=O)C[C@]4(C)[C@@H]3CC[C@]12C)[C@H](OC(C)=O)[C@H](C)C(C)C. The summed E-state index contributed by atoms with van der Waals surface area (Å²) in [6, 6.07) is 0. The second-order valence-corrected chi connectivity index (χ2v) is 15.6. The van der Waals surface area contributed by atoms with Gasteiger partial charge < -0.3 is 23.7 Å². The van der Waals surface area contributed by atoms with Crippen LogP contribution in [0.5, 0.6) is 0 Å². The summed E-state index contributed by atoms with van der Waals surface area (Å²) in [7, 11) is 0. The van der Waals surface area contributed by atoms with Gasteiger partial charge in [0.25, 0.3) is 0 Å². The highest BCUT2D eigenvalue weighted by Gasteiger charge is 2.64. The molecule has 4 rings (SSSR count). The van der Waals surface area contributed by atoms with E-state index in [2.05, 4.69) is 34.6 Å². The molecule has 0 spiro atoms. The Hall–Kier alpha value is -2.65. The summed E-state index contributed by atoms with van der Waals surface area (Å²) >= 11 is 0. The molecule has 0 aromatic carbocycles. The molecular formula is C36H56O10. The Kier molecular flexibility index (Phi) is 10.9. The van der Waals surface area contributed by atoms with Crippen LogP contribution < -0.4 is 0 Å². The fraction of sp³-hybridized carbons (Fsp3) is 0.861. The summed E-state index contributed by atoms with van der Waals surface area (Å²) in [5.41, 5.74) is -0.604. The Morgan fingerprint density at radius 2 is 1.33 bits per heavy atom. The number of esters is 5. The van der Waals surface area contributed by atoms with Crippen LogP contribution in [-0.4, -0.2) is 60.4 Å². The van der Waals surface area contributed by atoms with Crippen molar-refractivity contribution in [3.8, 4) is 0 Å². The topological polar surface area (TPSA) is 132 Å². The number of carbonyl (C=O) groups excluding carboxylic acids is 5. The van der Waals surface area contributed by atoms with E-state index in [4.69, 9.17) is 23.7 Å². The van der Waals surface area contributed by atoms with Crippen LogP contribution in [0.15, 0.2) is 0 Å². The number of hydrogen-bond donors (Lipinski definition) is 0. The van der Waals surface area contributed by atoms with Gasteiger partial charge in [-0.15, -0.1) is 0 Å². The van der Waals surface area contributed by atoms with Crippen molar-refractivity contribution >= 4 is 29.8 Å². The maximum absolute atomic E-state index is 13.5. The lowest BCUT2D eigenvalue weighted by Crippen LogP contribution is -2.57. The lowest BCUT2D eigenvalue weighted by Gasteiger charge is -2.56. The average Bonchev–Trinajstić information content (AvgIpc) is 3.23. The molecule has 0 unspecified atom stereocenters. The molecule has 0 N–H and O–H groups in total. The van der Waals surface area contributed by atoms with Crippen LogP contribution in [0.1, 0.15) is 114 Å². The van der Waals surface area contributed by atoms with Gasteiger partial charge in [-0.2, -0.15) is 0 Å². The molecule has 1 heterocycles. The largest absolute Gasteiger partial charge is 0.462 e. The minimum Gasteiger partial charge on any atom is -0.462 e. The van der Waals surface area contributed by atoms with Crippen LogP contribution >= 0.6 is 0 Å². The molecule has 0 radical (unpaired) electrons. The Labute approximate surface area is 274 Å². The molecule has 46 heavy (non-hydrogen) atoms. The van der Waals surface area contributed by atoms with E-state index in [0.717, 1.165) is 25.7 Å². The third kappa shape index (κ3) is 7.10. The first kappa shape index (κ1) is 36.2. The normalized spacial score (nSPS) is 38.0. The van der Waals surface area contributed by atoms with Crippen LogP contribution in [0.25, 0.3) is 0 Å². The van der Waals surface area contributed by atoms with E-state index in [1.54, 1.807) is 0 Å². The van der Waals surface area contributed by atoms with Gasteiger partial charge in [0.15, 0.2) is 0 Å². The average molecular weight is 649 g/mol. The van der Waals surface area contributed by atoms with E-state index in [1.807, 2.05) is 6.92 Å². The predicted molar refractivity (Wildman–Crippen MR) is 168 cm³/mol. The molecule has 4 aliphatic rings. The summed E-state index contributed by atoms with van der Waals surface area (Å²) < 4.78 is 29.4. The molecule has 0 aromatic heterocycles. The molecule has 4 fully saturated rings. The number of carbonyl (C=O) groups is 5. The Bertz CT molecular complexity index is 1180. The van der Waals surface area contributed by atoms with Gasteiger partial charge in [-0.25, -0.2) is 0 Å². The Morgan fingerprint density at radius 1 is 0.761 bits per heavy atom. The molecule has 10 heteroatoms. The lowest BCUT2D eigenvalue weighted by molar-refractivity contribution is -0.198. The van der Waals surface area contributed by atoms with Crippen molar-refractivity contribution in [2.45, 2.75) is 145 Å². The van der Waals surface area contributed by atoms with Gasteiger partial charge in [0.05, 0.1) is 0 Å². The summed E-state index contributed by atoms with van der Waals surface area (Å²) in [5, 5.41) is 0. The van der Waals surface area contributed by atoms with Gasteiger partial charge in [-0.3, -0.25) is 24.0 Å². The molecule has 10 nitrogen and oxygen atoms in total. The van der Waals surface area contributed by atoms with Gasteiger partial charge in [0.1, 0.15) is 30.5 Å². The van der Waals surface area contributed by atoms with E-state index < -0.39 is 59.8 Å². The zero-order valence-electron chi connectivity index (χ0n) is 29.5. The molecule has 0 amide bonds. The summed E-state index contributed by atoms with van der Waals surface area (Å²) in [5.74, 6) is -1.23. The molecule has 3 saturated carbocycles. The van der Waals surface area contributed by atoms with Crippen LogP contribution in [-0.2, 0) is 47.7 Å².